The van der Waals surface area contributed by atoms with Crippen molar-refractivity contribution in [3.8, 4) is 0 Å². The Morgan fingerprint density at radius 2 is 2.17 bits per heavy atom. The maximum atomic E-state index is 13.1. The molecule has 2 aliphatic rings. The molecule has 1 saturated heterocycles. The zero-order valence-electron chi connectivity index (χ0n) is 14.0. The molecule has 2 aromatic heterocycles. The monoisotopic (exact) mass is 323 g/mol. The first-order chi connectivity index (χ1) is 11.6. The number of fused-ring (bicyclic) bond motifs is 3. The first-order valence-corrected chi connectivity index (χ1v) is 8.60. The van der Waals surface area contributed by atoms with E-state index in [0.717, 1.165) is 25.0 Å². The van der Waals surface area contributed by atoms with Gasteiger partial charge in [-0.25, -0.2) is 4.98 Å². The second kappa shape index (κ2) is 5.58. The summed E-state index contributed by atoms with van der Waals surface area (Å²) < 4.78 is 1.90. The molecule has 124 valence electrons. The van der Waals surface area contributed by atoms with Crippen molar-refractivity contribution in [3.05, 3.63) is 52.0 Å². The van der Waals surface area contributed by atoms with Crippen LogP contribution in [0.4, 0.5) is 0 Å². The van der Waals surface area contributed by atoms with E-state index in [2.05, 4.69) is 17.1 Å². The summed E-state index contributed by atoms with van der Waals surface area (Å²) >= 11 is 0. The van der Waals surface area contributed by atoms with Crippen molar-refractivity contribution in [2.24, 2.45) is 0 Å². The Bertz CT molecular complexity index is 913. The van der Waals surface area contributed by atoms with Crippen molar-refractivity contribution in [1.29, 1.82) is 0 Å². The molecule has 0 aliphatic carbocycles. The summed E-state index contributed by atoms with van der Waals surface area (Å²) in [5, 5.41) is 0.521. The number of carbonyl (C=O) groups is 1. The Balaban J connectivity index is 1.87. The molecule has 2 bridgehead atoms. The van der Waals surface area contributed by atoms with Crippen LogP contribution in [0.15, 0.2) is 35.3 Å². The van der Waals surface area contributed by atoms with Gasteiger partial charge in [0, 0.05) is 24.5 Å². The highest BCUT2D eigenvalue weighted by atomic mass is 16.2. The fourth-order valence-electron chi connectivity index (χ4n) is 3.93. The number of hydrogen-bond donors (Lipinski definition) is 0. The van der Waals surface area contributed by atoms with Crippen LogP contribution in [0, 0.1) is 6.92 Å². The van der Waals surface area contributed by atoms with Crippen molar-refractivity contribution in [2.45, 2.75) is 51.7 Å². The predicted octanol–water partition coefficient (Wildman–Crippen LogP) is 2.66. The van der Waals surface area contributed by atoms with E-state index >= 15 is 0 Å². The number of amides is 1. The minimum absolute atomic E-state index is 0.137. The molecule has 0 spiro atoms. The topological polar surface area (TPSA) is 55.2 Å². The smallest absolute Gasteiger partial charge is 0.260 e. The lowest BCUT2D eigenvalue weighted by Gasteiger charge is -2.31. The van der Waals surface area contributed by atoms with Gasteiger partial charge in [-0.1, -0.05) is 12.2 Å². The molecular formula is C19H21N3O2. The molecule has 5 heteroatoms. The highest BCUT2D eigenvalue weighted by Crippen LogP contribution is 2.32. The lowest BCUT2D eigenvalue weighted by molar-refractivity contribution is 0.0687. The molecule has 0 radical (unpaired) electrons. The summed E-state index contributed by atoms with van der Waals surface area (Å²) in [6.07, 6.45) is 8.84. The summed E-state index contributed by atoms with van der Waals surface area (Å²) in [6, 6.07) is 3.98. The van der Waals surface area contributed by atoms with E-state index in [9.17, 15) is 9.59 Å². The van der Waals surface area contributed by atoms with Crippen LogP contribution in [0.3, 0.4) is 0 Å². The molecule has 1 fully saturated rings. The largest absolute Gasteiger partial charge is 0.332 e. The molecule has 0 N–H and O–H groups in total. The lowest BCUT2D eigenvalue weighted by Crippen LogP contribution is -2.44. The van der Waals surface area contributed by atoms with Gasteiger partial charge in [-0.15, -0.1) is 0 Å². The fourth-order valence-corrected chi connectivity index (χ4v) is 3.93. The molecule has 5 nitrogen and oxygen atoms in total. The number of hydrogen-bond acceptors (Lipinski definition) is 3. The highest BCUT2D eigenvalue weighted by Gasteiger charge is 2.38. The van der Waals surface area contributed by atoms with Gasteiger partial charge < -0.3 is 9.47 Å². The van der Waals surface area contributed by atoms with Crippen molar-refractivity contribution in [1.82, 2.24) is 14.5 Å². The van der Waals surface area contributed by atoms with E-state index in [0.29, 0.717) is 17.6 Å². The maximum absolute atomic E-state index is 13.1. The Morgan fingerprint density at radius 3 is 2.92 bits per heavy atom. The van der Waals surface area contributed by atoms with Crippen LogP contribution in [0.25, 0.3) is 11.0 Å². The Kier molecular flexibility index (Phi) is 3.52. The zero-order chi connectivity index (χ0) is 16.8. The molecule has 24 heavy (non-hydrogen) atoms. The van der Waals surface area contributed by atoms with Crippen molar-refractivity contribution >= 4 is 16.9 Å². The third-order valence-corrected chi connectivity index (χ3v) is 5.18. The maximum Gasteiger partial charge on any atom is 0.260 e. The number of carbonyl (C=O) groups excluding carboxylic acids is 1. The van der Waals surface area contributed by atoms with Gasteiger partial charge in [-0.05, 0) is 45.2 Å². The lowest BCUT2D eigenvalue weighted by atomic mass is 10.1. The molecule has 2 aromatic rings. The summed E-state index contributed by atoms with van der Waals surface area (Å²) in [5.41, 5.74) is 1.58. The van der Waals surface area contributed by atoms with E-state index in [1.165, 1.54) is 0 Å². The van der Waals surface area contributed by atoms with Crippen molar-refractivity contribution in [3.63, 3.8) is 0 Å². The van der Waals surface area contributed by atoms with Gasteiger partial charge >= 0.3 is 0 Å². The molecule has 2 aliphatic heterocycles. The SMILES string of the molecule is CCn1cc(C(=O)N2C3C=CCC2CC3)c(=O)c2ccc(C)nc21. The standard InChI is InChI=1S/C19H21N3O2/c1-3-21-11-16(17(23)15-10-7-12(2)20-18(15)21)19(24)22-13-5-4-6-14(22)9-8-13/h4-5,7,10-11,13-14H,3,6,8-9H2,1-2H3. The van der Waals surface area contributed by atoms with Crippen LogP contribution in [0.2, 0.25) is 0 Å². The normalized spacial score (nSPS) is 22.3. The van der Waals surface area contributed by atoms with Crippen molar-refractivity contribution in [2.75, 3.05) is 0 Å². The number of aryl methyl sites for hydroxylation is 2. The molecule has 1 amide bonds. The first kappa shape index (κ1) is 15.1. The second-order valence-electron chi connectivity index (χ2n) is 6.66. The summed E-state index contributed by atoms with van der Waals surface area (Å²) in [6.45, 7) is 4.57. The van der Waals surface area contributed by atoms with Gasteiger partial charge in [0.1, 0.15) is 11.2 Å². The Hall–Kier alpha value is -2.43. The second-order valence-corrected chi connectivity index (χ2v) is 6.66. The zero-order valence-corrected chi connectivity index (χ0v) is 14.0. The summed E-state index contributed by atoms with van der Waals surface area (Å²) in [7, 11) is 0. The van der Waals surface area contributed by atoms with Gasteiger partial charge in [-0.3, -0.25) is 9.59 Å². The predicted molar refractivity (Wildman–Crippen MR) is 93.2 cm³/mol. The number of rotatable bonds is 2. The number of nitrogens with zero attached hydrogens (tertiary/aromatic N) is 3. The van der Waals surface area contributed by atoms with Crippen LogP contribution in [0.5, 0.6) is 0 Å². The van der Waals surface area contributed by atoms with E-state index in [1.807, 2.05) is 29.4 Å². The average molecular weight is 323 g/mol. The number of pyridine rings is 2. The molecule has 0 saturated carbocycles. The fraction of sp³-hybridized carbons (Fsp3) is 0.421. The van der Waals surface area contributed by atoms with Crippen LogP contribution in [-0.2, 0) is 6.54 Å². The third kappa shape index (κ3) is 2.19. The van der Waals surface area contributed by atoms with E-state index in [4.69, 9.17) is 0 Å². The van der Waals surface area contributed by atoms with Crippen LogP contribution in [0.1, 0.15) is 42.2 Å². The van der Waals surface area contributed by atoms with Gasteiger partial charge in [0.05, 0.1) is 11.4 Å². The van der Waals surface area contributed by atoms with Crippen LogP contribution in [-0.4, -0.2) is 32.4 Å². The summed E-state index contributed by atoms with van der Waals surface area (Å²) in [4.78, 5) is 32.4. The average Bonchev–Trinajstić information content (AvgIpc) is 2.83. The molecule has 2 unspecified atom stereocenters. The number of aromatic nitrogens is 2. The van der Waals surface area contributed by atoms with Gasteiger partial charge in [0.15, 0.2) is 0 Å². The third-order valence-electron chi connectivity index (χ3n) is 5.18. The van der Waals surface area contributed by atoms with Crippen LogP contribution >= 0.6 is 0 Å². The molecule has 4 heterocycles. The van der Waals surface area contributed by atoms with E-state index < -0.39 is 0 Å². The minimum Gasteiger partial charge on any atom is -0.332 e. The quantitative estimate of drug-likeness (QED) is 0.799. The molecular weight excluding hydrogens is 302 g/mol. The van der Waals surface area contributed by atoms with Gasteiger partial charge in [-0.2, -0.15) is 0 Å². The summed E-state index contributed by atoms with van der Waals surface area (Å²) in [5.74, 6) is -0.137. The Labute approximate surface area is 140 Å². The van der Waals surface area contributed by atoms with Gasteiger partial charge in [0.2, 0.25) is 5.43 Å². The minimum atomic E-state index is -0.207. The molecule has 2 atom stereocenters. The first-order valence-electron chi connectivity index (χ1n) is 8.60. The molecule has 0 aromatic carbocycles. The van der Waals surface area contributed by atoms with Crippen molar-refractivity contribution < 1.29 is 4.79 Å². The van der Waals surface area contributed by atoms with E-state index in [1.54, 1.807) is 12.3 Å². The van der Waals surface area contributed by atoms with E-state index in [-0.39, 0.29) is 29.0 Å². The van der Waals surface area contributed by atoms with Crippen LogP contribution < -0.4 is 5.43 Å². The molecule has 4 rings (SSSR count). The Morgan fingerprint density at radius 1 is 1.33 bits per heavy atom. The van der Waals surface area contributed by atoms with Gasteiger partial charge in [0.25, 0.3) is 5.91 Å². The highest BCUT2D eigenvalue weighted by molar-refractivity contribution is 5.97.